The minimum absolute atomic E-state index is 0.254. The fourth-order valence-corrected chi connectivity index (χ4v) is 4.88. The summed E-state index contributed by atoms with van der Waals surface area (Å²) in [5.74, 6) is 1.11. The summed E-state index contributed by atoms with van der Waals surface area (Å²) in [7, 11) is 0. The molecule has 0 amide bonds. The third kappa shape index (κ3) is 3.64. The highest BCUT2D eigenvalue weighted by Gasteiger charge is 2.30. The van der Waals surface area contributed by atoms with Gasteiger partial charge in [-0.1, -0.05) is 0 Å². The highest BCUT2D eigenvalue weighted by atomic mass is 19.1. The summed E-state index contributed by atoms with van der Waals surface area (Å²) in [5, 5.41) is 16.2. The molecular weight excluding hydrogens is 428 g/mol. The zero-order chi connectivity index (χ0) is 22.4. The number of nitrogens with one attached hydrogen (secondary N) is 1. The molecule has 8 nitrogen and oxygen atoms in total. The van der Waals surface area contributed by atoms with Gasteiger partial charge in [-0.2, -0.15) is 5.10 Å². The lowest BCUT2D eigenvalue weighted by Gasteiger charge is -2.26. The number of rotatable bonds is 4. The number of aromatic nitrogens is 5. The third-order valence-electron chi connectivity index (χ3n) is 6.58. The van der Waals surface area contributed by atoms with Gasteiger partial charge in [-0.3, -0.25) is 0 Å². The number of hydrogen-bond acceptors (Lipinski definition) is 7. The van der Waals surface area contributed by atoms with Crippen LogP contribution in [0.25, 0.3) is 17.1 Å². The fraction of sp³-hybridized carbons (Fsp3) is 0.391. The number of nitrogens with zero attached hydrogens (tertiary/aromatic N) is 6. The Morgan fingerprint density at radius 2 is 1.94 bits per heavy atom. The minimum atomic E-state index is -0.444. The first-order chi connectivity index (χ1) is 16.2. The molecule has 1 atom stereocenters. The van der Waals surface area contributed by atoms with Gasteiger partial charge in [-0.05, 0) is 63.0 Å². The predicted molar refractivity (Wildman–Crippen MR) is 117 cm³/mol. The maximum absolute atomic E-state index is 14.5. The van der Waals surface area contributed by atoms with Gasteiger partial charge >= 0.3 is 0 Å². The van der Waals surface area contributed by atoms with Crippen molar-refractivity contribution in [2.24, 2.45) is 0 Å². The maximum atomic E-state index is 14.5. The molecule has 2 aliphatic heterocycles. The molecule has 1 unspecified atom stereocenters. The Bertz CT molecular complexity index is 1300. The molecule has 0 bridgehead atoms. The lowest BCUT2D eigenvalue weighted by Crippen LogP contribution is -2.26. The van der Waals surface area contributed by atoms with E-state index in [0.717, 1.165) is 44.8 Å². The molecule has 0 aliphatic carbocycles. The molecule has 0 radical (unpaired) electrons. The fourth-order valence-electron chi connectivity index (χ4n) is 4.88. The Hall–Kier alpha value is -3.40. The van der Waals surface area contributed by atoms with E-state index in [1.165, 1.54) is 12.1 Å². The average molecular weight is 451 g/mol. The normalized spacial score (nSPS) is 19.6. The molecule has 3 aromatic heterocycles. The van der Waals surface area contributed by atoms with E-state index in [-0.39, 0.29) is 12.0 Å². The smallest absolute Gasteiger partial charge is 0.253 e. The quantitative estimate of drug-likeness (QED) is 0.504. The summed E-state index contributed by atoms with van der Waals surface area (Å²) in [6.07, 6.45) is 6.99. The van der Waals surface area contributed by atoms with E-state index in [0.29, 0.717) is 40.9 Å². The van der Waals surface area contributed by atoms with Crippen LogP contribution in [0.5, 0.6) is 0 Å². The molecule has 1 aromatic carbocycles. The molecule has 10 heteroatoms. The molecule has 170 valence electrons. The van der Waals surface area contributed by atoms with E-state index in [1.807, 2.05) is 17.2 Å². The molecule has 0 spiro atoms. The standard InChI is InChI=1S/C23H23F2N7O/c24-15-3-4-18(25)16(12-15)19-2-1-10-31(19)20-7-11-32-21(28-20)17(13-27-32)23-30-29-22(33-23)14-5-8-26-9-6-14/h3-4,7,11-14,19,26H,1-2,5-6,8-10H2. The van der Waals surface area contributed by atoms with Crippen LogP contribution in [-0.2, 0) is 0 Å². The molecule has 33 heavy (non-hydrogen) atoms. The van der Waals surface area contributed by atoms with Crippen molar-refractivity contribution in [2.75, 3.05) is 24.5 Å². The number of piperidine rings is 1. The van der Waals surface area contributed by atoms with Crippen molar-refractivity contribution < 1.29 is 13.2 Å². The van der Waals surface area contributed by atoms with E-state index in [2.05, 4.69) is 20.6 Å². The van der Waals surface area contributed by atoms with Crippen molar-refractivity contribution in [3.63, 3.8) is 0 Å². The molecule has 0 saturated carbocycles. The Balaban J connectivity index is 1.34. The zero-order valence-corrected chi connectivity index (χ0v) is 17.9. The van der Waals surface area contributed by atoms with E-state index < -0.39 is 11.6 Å². The lowest BCUT2D eigenvalue weighted by atomic mass is 9.98. The van der Waals surface area contributed by atoms with Crippen molar-refractivity contribution in [1.29, 1.82) is 0 Å². The van der Waals surface area contributed by atoms with Crippen molar-refractivity contribution in [3.05, 3.63) is 59.7 Å². The van der Waals surface area contributed by atoms with Crippen molar-refractivity contribution in [3.8, 4) is 11.5 Å². The Kier molecular flexibility index (Phi) is 5.01. The first-order valence-corrected chi connectivity index (χ1v) is 11.3. The summed E-state index contributed by atoms with van der Waals surface area (Å²) in [4.78, 5) is 6.83. The molecule has 1 N–H and O–H groups in total. The van der Waals surface area contributed by atoms with Crippen LogP contribution in [0.2, 0.25) is 0 Å². The number of fused-ring (bicyclic) bond motifs is 1. The van der Waals surface area contributed by atoms with Gasteiger partial charge in [-0.25, -0.2) is 18.3 Å². The Morgan fingerprint density at radius 3 is 2.82 bits per heavy atom. The van der Waals surface area contributed by atoms with Crippen molar-refractivity contribution >= 4 is 11.5 Å². The number of hydrogen-bond donors (Lipinski definition) is 1. The topological polar surface area (TPSA) is 84.4 Å². The van der Waals surface area contributed by atoms with Gasteiger partial charge in [0, 0.05) is 24.2 Å². The molecule has 4 aromatic rings. The van der Waals surface area contributed by atoms with E-state index in [1.54, 1.807) is 10.7 Å². The highest BCUT2D eigenvalue weighted by molar-refractivity contribution is 5.72. The van der Waals surface area contributed by atoms with Crippen LogP contribution >= 0.6 is 0 Å². The predicted octanol–water partition coefficient (Wildman–Crippen LogP) is 3.87. The summed E-state index contributed by atoms with van der Waals surface area (Å²) < 4.78 is 36.0. The van der Waals surface area contributed by atoms with Gasteiger partial charge < -0.3 is 14.6 Å². The van der Waals surface area contributed by atoms with E-state index >= 15 is 0 Å². The average Bonchev–Trinajstić information content (AvgIpc) is 3.60. The van der Waals surface area contributed by atoms with Gasteiger partial charge in [-0.15, -0.1) is 10.2 Å². The van der Waals surface area contributed by atoms with Crippen LogP contribution in [0.4, 0.5) is 14.6 Å². The van der Waals surface area contributed by atoms with Crippen LogP contribution in [-0.4, -0.2) is 44.4 Å². The minimum Gasteiger partial charge on any atom is -0.420 e. The van der Waals surface area contributed by atoms with Gasteiger partial charge in [0.25, 0.3) is 5.89 Å². The van der Waals surface area contributed by atoms with Crippen LogP contribution in [0.3, 0.4) is 0 Å². The van der Waals surface area contributed by atoms with Crippen LogP contribution in [0.15, 0.2) is 41.1 Å². The SMILES string of the molecule is Fc1ccc(F)c(C2CCCN2c2ccn3ncc(-c4nnc(C5CCNCC5)o4)c3n2)c1. The lowest BCUT2D eigenvalue weighted by molar-refractivity contribution is 0.378. The highest BCUT2D eigenvalue weighted by Crippen LogP contribution is 2.37. The first-order valence-electron chi connectivity index (χ1n) is 11.3. The Labute approximate surface area is 188 Å². The molecule has 2 saturated heterocycles. The summed E-state index contributed by atoms with van der Waals surface area (Å²) in [5.41, 5.74) is 1.59. The molecule has 2 aliphatic rings. The summed E-state index contributed by atoms with van der Waals surface area (Å²) in [6, 6.07) is 5.17. The largest absolute Gasteiger partial charge is 0.420 e. The number of anilines is 1. The zero-order valence-electron chi connectivity index (χ0n) is 17.9. The van der Waals surface area contributed by atoms with E-state index in [4.69, 9.17) is 9.40 Å². The second kappa shape index (κ2) is 8.18. The first kappa shape index (κ1) is 20.2. The third-order valence-corrected chi connectivity index (χ3v) is 6.58. The van der Waals surface area contributed by atoms with Crippen molar-refractivity contribution in [1.82, 2.24) is 30.1 Å². The van der Waals surface area contributed by atoms with Crippen LogP contribution in [0, 0.1) is 11.6 Å². The molecule has 5 heterocycles. The second-order valence-corrected chi connectivity index (χ2v) is 8.60. The Morgan fingerprint density at radius 1 is 1.06 bits per heavy atom. The molecular formula is C23H23F2N7O. The number of halogens is 2. The maximum Gasteiger partial charge on any atom is 0.253 e. The van der Waals surface area contributed by atoms with Crippen molar-refractivity contribution in [2.45, 2.75) is 37.6 Å². The van der Waals surface area contributed by atoms with Crippen LogP contribution < -0.4 is 10.2 Å². The molecule has 6 rings (SSSR count). The van der Waals surface area contributed by atoms with Gasteiger partial charge in [0.15, 0.2) is 5.65 Å². The van der Waals surface area contributed by atoms with Gasteiger partial charge in [0.1, 0.15) is 23.0 Å². The summed E-state index contributed by atoms with van der Waals surface area (Å²) >= 11 is 0. The van der Waals surface area contributed by atoms with Gasteiger partial charge in [0.2, 0.25) is 5.89 Å². The number of benzene rings is 1. The van der Waals surface area contributed by atoms with Gasteiger partial charge in [0.05, 0.1) is 12.2 Å². The second-order valence-electron chi connectivity index (χ2n) is 8.60. The molecule has 2 fully saturated rings. The van der Waals surface area contributed by atoms with Crippen LogP contribution in [0.1, 0.15) is 49.1 Å². The summed E-state index contributed by atoms with van der Waals surface area (Å²) in [6.45, 7) is 2.58. The monoisotopic (exact) mass is 451 g/mol. The van der Waals surface area contributed by atoms with E-state index in [9.17, 15) is 8.78 Å².